The van der Waals surface area contributed by atoms with E-state index in [1.807, 2.05) is 0 Å². The summed E-state index contributed by atoms with van der Waals surface area (Å²) in [5.41, 5.74) is 5.39. The largest absolute Gasteiger partial charge is 0.405 e. The van der Waals surface area contributed by atoms with Gasteiger partial charge in [0, 0.05) is 26.2 Å². The van der Waals surface area contributed by atoms with Gasteiger partial charge in [0.05, 0.1) is 6.10 Å². The quantitative estimate of drug-likeness (QED) is 0.779. The van der Waals surface area contributed by atoms with E-state index in [1.54, 1.807) is 0 Å². The zero-order chi connectivity index (χ0) is 11.6. The van der Waals surface area contributed by atoms with E-state index in [0.29, 0.717) is 19.5 Å². The first-order chi connectivity index (χ1) is 6.86. The molecule has 1 aliphatic rings. The molecule has 1 rings (SSSR count). The van der Waals surface area contributed by atoms with Gasteiger partial charge >= 0.3 is 6.18 Å². The number of nitrogens with zero attached hydrogens (tertiary/aromatic N) is 1. The summed E-state index contributed by atoms with van der Waals surface area (Å²) in [4.78, 5) is 1.36. The lowest BCUT2D eigenvalue weighted by atomic mass is 10.1. The minimum Gasteiger partial charge on any atom is -0.380 e. The van der Waals surface area contributed by atoms with Gasteiger partial charge in [-0.05, 0) is 13.3 Å². The summed E-state index contributed by atoms with van der Waals surface area (Å²) in [5.74, 6) is 0. The molecule has 0 aromatic carbocycles. The molecule has 0 spiro atoms. The third kappa shape index (κ3) is 3.06. The molecule has 0 saturated carbocycles. The summed E-state index contributed by atoms with van der Waals surface area (Å²) >= 11 is 0. The van der Waals surface area contributed by atoms with Crippen LogP contribution < -0.4 is 5.73 Å². The van der Waals surface area contributed by atoms with Gasteiger partial charge in [0.15, 0.2) is 0 Å². The molecule has 3 nitrogen and oxygen atoms in total. The molecule has 0 bridgehead atoms. The number of likely N-dealkylation sites (tertiary alicyclic amines) is 1. The van der Waals surface area contributed by atoms with Crippen LogP contribution in [0.2, 0.25) is 0 Å². The number of methoxy groups -OCH3 is 1. The van der Waals surface area contributed by atoms with Crippen molar-refractivity contribution in [2.24, 2.45) is 5.73 Å². The Morgan fingerprint density at radius 3 is 2.40 bits per heavy atom. The molecule has 1 aliphatic heterocycles. The van der Waals surface area contributed by atoms with Gasteiger partial charge in [-0.1, -0.05) is 0 Å². The van der Waals surface area contributed by atoms with Crippen LogP contribution >= 0.6 is 0 Å². The Balaban J connectivity index is 2.66. The Kier molecular flexibility index (Phi) is 3.97. The summed E-state index contributed by atoms with van der Waals surface area (Å²) in [6.07, 6.45) is -3.74. The topological polar surface area (TPSA) is 38.5 Å². The average molecular weight is 226 g/mol. The standard InChI is InChI=1S/C9H17F3N2O/c1-6(13)8(9(10,11)12)14-4-3-7(5-14)15-2/h6-8H,3-5,13H2,1-2H3. The van der Waals surface area contributed by atoms with Crippen LogP contribution in [0.15, 0.2) is 0 Å². The lowest BCUT2D eigenvalue weighted by Gasteiger charge is -2.32. The number of hydrogen-bond donors (Lipinski definition) is 1. The van der Waals surface area contributed by atoms with Gasteiger partial charge in [-0.25, -0.2) is 0 Å². The van der Waals surface area contributed by atoms with E-state index in [-0.39, 0.29) is 6.10 Å². The second kappa shape index (κ2) is 4.67. The summed E-state index contributed by atoms with van der Waals surface area (Å²) in [5, 5.41) is 0. The van der Waals surface area contributed by atoms with Crippen molar-refractivity contribution in [2.75, 3.05) is 20.2 Å². The second-order valence-corrected chi connectivity index (χ2v) is 3.99. The number of nitrogens with two attached hydrogens (primary N) is 1. The number of hydrogen-bond acceptors (Lipinski definition) is 3. The molecule has 0 amide bonds. The lowest BCUT2D eigenvalue weighted by Crippen LogP contribution is -2.54. The van der Waals surface area contributed by atoms with Gasteiger partial charge in [-0.3, -0.25) is 4.90 Å². The van der Waals surface area contributed by atoms with Gasteiger partial charge in [-0.15, -0.1) is 0 Å². The van der Waals surface area contributed by atoms with Crippen molar-refractivity contribution in [3.05, 3.63) is 0 Å². The van der Waals surface area contributed by atoms with Crippen molar-refractivity contribution >= 4 is 0 Å². The summed E-state index contributed by atoms with van der Waals surface area (Å²) in [6.45, 7) is 2.09. The maximum Gasteiger partial charge on any atom is 0.405 e. The lowest BCUT2D eigenvalue weighted by molar-refractivity contribution is -0.186. The zero-order valence-corrected chi connectivity index (χ0v) is 8.92. The molecule has 0 radical (unpaired) electrons. The summed E-state index contributed by atoms with van der Waals surface area (Å²) in [7, 11) is 1.52. The van der Waals surface area contributed by atoms with E-state index in [2.05, 4.69) is 0 Å². The average Bonchev–Trinajstić information content (AvgIpc) is 2.49. The SMILES string of the molecule is COC1CCN(C(C(C)N)C(F)(F)F)C1. The maximum atomic E-state index is 12.7. The Morgan fingerprint density at radius 1 is 1.47 bits per heavy atom. The van der Waals surface area contributed by atoms with Crippen LogP contribution in [-0.4, -0.2) is 49.5 Å². The highest BCUT2D eigenvalue weighted by molar-refractivity contribution is 4.90. The molecule has 0 aromatic rings. The molecular formula is C9H17F3N2O. The smallest absolute Gasteiger partial charge is 0.380 e. The van der Waals surface area contributed by atoms with E-state index in [1.165, 1.54) is 18.9 Å². The van der Waals surface area contributed by atoms with Crippen molar-refractivity contribution in [1.82, 2.24) is 4.90 Å². The fourth-order valence-corrected chi connectivity index (χ4v) is 2.04. The predicted molar refractivity (Wildman–Crippen MR) is 50.5 cm³/mol. The highest BCUT2D eigenvalue weighted by Crippen LogP contribution is 2.29. The Labute approximate surface area is 87.4 Å². The second-order valence-electron chi connectivity index (χ2n) is 3.99. The van der Waals surface area contributed by atoms with Crippen LogP contribution in [0.4, 0.5) is 13.2 Å². The maximum absolute atomic E-state index is 12.7. The highest BCUT2D eigenvalue weighted by atomic mass is 19.4. The molecular weight excluding hydrogens is 209 g/mol. The van der Waals surface area contributed by atoms with E-state index in [4.69, 9.17) is 10.5 Å². The fraction of sp³-hybridized carbons (Fsp3) is 1.00. The monoisotopic (exact) mass is 226 g/mol. The van der Waals surface area contributed by atoms with Crippen molar-refractivity contribution in [3.63, 3.8) is 0 Å². The van der Waals surface area contributed by atoms with E-state index < -0.39 is 18.3 Å². The Bertz CT molecular complexity index is 208. The van der Waals surface area contributed by atoms with Gasteiger partial charge in [0.1, 0.15) is 6.04 Å². The molecule has 0 aliphatic carbocycles. The molecule has 15 heavy (non-hydrogen) atoms. The predicted octanol–water partition coefficient (Wildman–Crippen LogP) is 0.985. The molecule has 0 aromatic heterocycles. The van der Waals surface area contributed by atoms with Crippen molar-refractivity contribution in [3.8, 4) is 0 Å². The van der Waals surface area contributed by atoms with Gasteiger partial charge in [0.2, 0.25) is 0 Å². The number of rotatable bonds is 3. The summed E-state index contributed by atoms with van der Waals surface area (Å²) in [6, 6.07) is -2.47. The van der Waals surface area contributed by atoms with Gasteiger partial charge in [0.25, 0.3) is 0 Å². The Hall–Kier alpha value is -0.330. The van der Waals surface area contributed by atoms with Gasteiger partial charge in [-0.2, -0.15) is 13.2 Å². The number of ether oxygens (including phenoxy) is 1. The minimum absolute atomic E-state index is 0.103. The fourth-order valence-electron chi connectivity index (χ4n) is 2.04. The van der Waals surface area contributed by atoms with Crippen LogP contribution in [0.5, 0.6) is 0 Å². The Morgan fingerprint density at radius 2 is 2.07 bits per heavy atom. The van der Waals surface area contributed by atoms with E-state index in [9.17, 15) is 13.2 Å². The molecule has 1 saturated heterocycles. The van der Waals surface area contributed by atoms with Crippen molar-refractivity contribution < 1.29 is 17.9 Å². The molecule has 3 atom stereocenters. The third-order valence-corrected chi connectivity index (χ3v) is 2.74. The minimum atomic E-state index is -4.27. The number of alkyl halides is 3. The van der Waals surface area contributed by atoms with Gasteiger partial charge < -0.3 is 10.5 Å². The highest BCUT2D eigenvalue weighted by Gasteiger charge is 2.47. The van der Waals surface area contributed by atoms with Crippen LogP contribution in [0.3, 0.4) is 0 Å². The molecule has 1 fully saturated rings. The number of halogens is 3. The summed E-state index contributed by atoms with van der Waals surface area (Å²) < 4.78 is 43.1. The first kappa shape index (κ1) is 12.7. The third-order valence-electron chi connectivity index (χ3n) is 2.74. The zero-order valence-electron chi connectivity index (χ0n) is 8.92. The molecule has 3 unspecified atom stereocenters. The van der Waals surface area contributed by atoms with E-state index >= 15 is 0 Å². The molecule has 6 heteroatoms. The van der Waals surface area contributed by atoms with E-state index in [0.717, 1.165) is 0 Å². The molecule has 1 heterocycles. The van der Waals surface area contributed by atoms with Crippen LogP contribution in [0.1, 0.15) is 13.3 Å². The van der Waals surface area contributed by atoms with Crippen molar-refractivity contribution in [1.29, 1.82) is 0 Å². The van der Waals surface area contributed by atoms with Crippen LogP contribution in [0, 0.1) is 0 Å². The van der Waals surface area contributed by atoms with Crippen molar-refractivity contribution in [2.45, 2.75) is 37.7 Å². The van der Waals surface area contributed by atoms with Crippen LogP contribution in [0.25, 0.3) is 0 Å². The normalized spacial score (nSPS) is 28.0. The molecule has 90 valence electrons. The first-order valence-electron chi connectivity index (χ1n) is 4.95. The first-order valence-corrected chi connectivity index (χ1v) is 4.95. The van der Waals surface area contributed by atoms with Crippen LogP contribution in [-0.2, 0) is 4.74 Å². The molecule has 2 N–H and O–H groups in total.